The highest BCUT2D eigenvalue weighted by atomic mass is 28.3. The molecule has 0 saturated heterocycles. The minimum absolute atomic E-state index is 0.144. The van der Waals surface area contributed by atoms with Crippen molar-refractivity contribution in [3.63, 3.8) is 0 Å². The van der Waals surface area contributed by atoms with Crippen molar-refractivity contribution in [2.75, 3.05) is 14.2 Å². The van der Waals surface area contributed by atoms with Crippen LogP contribution in [0.5, 0.6) is 23.0 Å². The van der Waals surface area contributed by atoms with E-state index in [-0.39, 0.29) is 28.8 Å². The van der Waals surface area contributed by atoms with E-state index in [2.05, 4.69) is 54.6 Å². The molecule has 0 atom stereocenters. The lowest BCUT2D eigenvalue weighted by molar-refractivity contribution is -0.113. The van der Waals surface area contributed by atoms with Gasteiger partial charge in [0, 0.05) is 16.7 Å². The number of ketones is 2. The van der Waals surface area contributed by atoms with Crippen molar-refractivity contribution in [1.29, 1.82) is 0 Å². The maximum atomic E-state index is 13.4. The summed E-state index contributed by atoms with van der Waals surface area (Å²) in [4.78, 5) is 26.3. The number of ether oxygens (including phenoxy) is 2. The van der Waals surface area contributed by atoms with Crippen molar-refractivity contribution in [1.82, 2.24) is 0 Å². The predicted octanol–water partition coefficient (Wildman–Crippen LogP) is 6.88. The second-order valence-electron chi connectivity index (χ2n) is 12.3. The zero-order chi connectivity index (χ0) is 29.7. The molecule has 6 nitrogen and oxygen atoms in total. The summed E-state index contributed by atoms with van der Waals surface area (Å²) in [5.74, 6) is 1.71. The van der Waals surface area contributed by atoms with E-state index in [4.69, 9.17) is 18.3 Å². The fraction of sp³-hybridized carbons (Fsp3) is 0.484. The van der Waals surface area contributed by atoms with Gasteiger partial charge in [0.15, 0.2) is 34.6 Å². The molecule has 0 unspecified atom stereocenters. The first kappa shape index (κ1) is 32.4. The van der Waals surface area contributed by atoms with Crippen LogP contribution in [0, 0.1) is 0 Å². The van der Waals surface area contributed by atoms with Crippen LogP contribution in [0.4, 0.5) is 0 Å². The van der Waals surface area contributed by atoms with Crippen LogP contribution in [0.15, 0.2) is 30.3 Å². The number of methoxy groups -OCH3 is 2. The van der Waals surface area contributed by atoms with Gasteiger partial charge in [0.25, 0.3) is 0 Å². The molecule has 2 rings (SSSR count). The van der Waals surface area contributed by atoms with E-state index in [1.54, 1.807) is 26.4 Å². The van der Waals surface area contributed by atoms with Crippen LogP contribution in [-0.4, -0.2) is 43.9 Å². The summed E-state index contributed by atoms with van der Waals surface area (Å²) in [6.07, 6.45) is 2.87. The number of carbonyl (C=O) groups is 2. The molecule has 0 spiro atoms. The van der Waals surface area contributed by atoms with Crippen molar-refractivity contribution in [2.45, 2.75) is 85.0 Å². The number of Topliss-reactive ketones (excluding diaryl/α,β-unsaturated/α-hetero) is 1. The van der Waals surface area contributed by atoms with E-state index in [1.165, 1.54) is 6.08 Å². The second kappa shape index (κ2) is 13.0. The predicted molar refractivity (Wildman–Crippen MR) is 165 cm³/mol. The highest BCUT2D eigenvalue weighted by Crippen LogP contribution is 2.43. The van der Waals surface area contributed by atoms with Gasteiger partial charge in [-0.1, -0.05) is 59.7 Å². The third-order valence-corrected chi connectivity index (χ3v) is 7.48. The van der Waals surface area contributed by atoms with Gasteiger partial charge in [-0.15, -0.1) is 0 Å². The SMILES string of the molecule is COc1c(C(C)(C)C)ccc(C=CC(=O)CC(=O)c2ccc(C(C)(C)C)c(OC)c2O[SiH](C)C)c1O[SiH](C)C. The first-order chi connectivity index (χ1) is 18.0. The van der Waals surface area contributed by atoms with Crippen LogP contribution >= 0.6 is 0 Å². The van der Waals surface area contributed by atoms with Gasteiger partial charge in [-0.25, -0.2) is 0 Å². The maximum Gasteiger partial charge on any atom is 0.229 e. The molecule has 0 radical (unpaired) electrons. The van der Waals surface area contributed by atoms with Gasteiger partial charge in [0.05, 0.1) is 26.2 Å². The lowest BCUT2D eigenvalue weighted by Gasteiger charge is -2.26. The van der Waals surface area contributed by atoms with Crippen LogP contribution in [0.1, 0.15) is 75.0 Å². The summed E-state index contributed by atoms with van der Waals surface area (Å²) < 4.78 is 24.0. The topological polar surface area (TPSA) is 71.1 Å². The standard InChI is InChI=1S/C31H46O6Si2/c1-30(2,3)23-17-14-20(26(28(23)34-7)36-38(9)10)13-15-21(32)19-25(33)22-16-18-24(31(4,5)6)29(35-8)27(22)37-39(11)12/h13-18,38-39H,19H2,1-12H3. The maximum absolute atomic E-state index is 13.4. The van der Waals surface area contributed by atoms with Crippen LogP contribution in [0.3, 0.4) is 0 Å². The fourth-order valence-electron chi connectivity index (χ4n) is 4.28. The van der Waals surface area contributed by atoms with Gasteiger partial charge in [0.2, 0.25) is 18.1 Å². The number of benzene rings is 2. The van der Waals surface area contributed by atoms with E-state index >= 15 is 0 Å². The van der Waals surface area contributed by atoms with Gasteiger partial charge in [-0.05, 0) is 55.2 Å². The highest BCUT2D eigenvalue weighted by Gasteiger charge is 2.28. The zero-order valence-corrected chi connectivity index (χ0v) is 28.1. The average Bonchev–Trinajstić information content (AvgIpc) is 2.80. The van der Waals surface area contributed by atoms with E-state index in [0.717, 1.165) is 16.7 Å². The Morgan fingerprint density at radius 2 is 1.18 bits per heavy atom. The Hall–Kier alpha value is -2.85. The molecule has 8 heteroatoms. The lowest BCUT2D eigenvalue weighted by Crippen LogP contribution is -2.19. The van der Waals surface area contributed by atoms with Crippen molar-refractivity contribution in [2.24, 2.45) is 0 Å². The van der Waals surface area contributed by atoms with E-state index in [1.807, 2.05) is 31.3 Å². The fourth-order valence-corrected chi connectivity index (χ4v) is 5.70. The Morgan fingerprint density at radius 1 is 0.718 bits per heavy atom. The molecule has 0 saturated carbocycles. The number of hydrogen-bond acceptors (Lipinski definition) is 6. The van der Waals surface area contributed by atoms with Gasteiger partial charge < -0.3 is 18.3 Å². The molecule has 0 fully saturated rings. The number of rotatable bonds is 11. The number of carbonyl (C=O) groups excluding carboxylic acids is 2. The molecule has 214 valence electrons. The largest absolute Gasteiger partial charge is 0.544 e. The molecule has 0 amide bonds. The Bertz CT molecular complexity index is 1220. The lowest BCUT2D eigenvalue weighted by atomic mass is 9.85. The van der Waals surface area contributed by atoms with Crippen molar-refractivity contribution < 1.29 is 27.9 Å². The molecule has 0 bridgehead atoms. The third kappa shape index (κ3) is 8.32. The Kier molecular flexibility index (Phi) is 10.8. The smallest absolute Gasteiger partial charge is 0.229 e. The summed E-state index contributed by atoms with van der Waals surface area (Å²) in [5, 5.41) is 0. The molecule has 0 aromatic heterocycles. The van der Waals surface area contributed by atoms with Crippen molar-refractivity contribution >= 4 is 35.7 Å². The Morgan fingerprint density at radius 3 is 1.64 bits per heavy atom. The Labute approximate surface area is 238 Å². The van der Waals surface area contributed by atoms with Crippen molar-refractivity contribution in [3.05, 3.63) is 52.6 Å². The minimum Gasteiger partial charge on any atom is -0.544 e. The molecule has 39 heavy (non-hydrogen) atoms. The van der Waals surface area contributed by atoms with E-state index < -0.39 is 18.1 Å². The van der Waals surface area contributed by atoms with E-state index in [0.29, 0.717) is 28.6 Å². The summed E-state index contributed by atoms with van der Waals surface area (Å²) in [6, 6.07) is 7.59. The zero-order valence-electron chi connectivity index (χ0n) is 25.8. The van der Waals surface area contributed by atoms with Crippen LogP contribution in [-0.2, 0) is 15.6 Å². The van der Waals surface area contributed by atoms with Crippen LogP contribution < -0.4 is 18.3 Å². The van der Waals surface area contributed by atoms with E-state index in [9.17, 15) is 9.59 Å². The molecule has 0 aliphatic carbocycles. The molecular weight excluding hydrogens is 525 g/mol. The van der Waals surface area contributed by atoms with Crippen LogP contribution in [0.2, 0.25) is 26.2 Å². The second-order valence-corrected chi connectivity index (χ2v) is 17.0. The number of hydrogen-bond donors (Lipinski definition) is 0. The summed E-state index contributed by atoms with van der Waals surface area (Å²) >= 11 is 0. The van der Waals surface area contributed by atoms with Gasteiger partial charge in [0.1, 0.15) is 0 Å². The summed E-state index contributed by atoms with van der Waals surface area (Å²) in [5.41, 5.74) is 2.74. The Balaban J connectivity index is 2.44. The molecule has 0 N–H and O–H groups in total. The molecule has 2 aromatic rings. The quantitative estimate of drug-likeness (QED) is 0.127. The molecular formula is C31H46O6Si2. The monoisotopic (exact) mass is 570 g/mol. The first-order valence-corrected chi connectivity index (χ1v) is 19.1. The average molecular weight is 571 g/mol. The van der Waals surface area contributed by atoms with Gasteiger partial charge in [-0.2, -0.15) is 0 Å². The third-order valence-electron chi connectivity index (χ3n) is 6.07. The van der Waals surface area contributed by atoms with Crippen molar-refractivity contribution in [3.8, 4) is 23.0 Å². The first-order valence-electron chi connectivity index (χ1n) is 13.5. The summed E-state index contributed by atoms with van der Waals surface area (Å²) in [7, 11) is 0.174. The molecule has 0 heterocycles. The van der Waals surface area contributed by atoms with Crippen LogP contribution in [0.25, 0.3) is 6.08 Å². The molecule has 0 aliphatic heterocycles. The van der Waals surface area contributed by atoms with Gasteiger partial charge >= 0.3 is 0 Å². The van der Waals surface area contributed by atoms with Gasteiger partial charge in [-0.3, -0.25) is 9.59 Å². The molecule has 2 aromatic carbocycles. The highest BCUT2D eigenvalue weighted by molar-refractivity contribution is 6.49. The normalized spacial score (nSPS) is 12.3. The summed E-state index contributed by atoms with van der Waals surface area (Å²) in [6.45, 7) is 20.8. The minimum atomic E-state index is -1.57. The number of allylic oxidation sites excluding steroid dienone is 1. The molecule has 0 aliphatic rings.